The van der Waals surface area contributed by atoms with Crippen LogP contribution in [0.5, 0.6) is 0 Å². The van der Waals surface area contributed by atoms with E-state index in [0.29, 0.717) is 11.1 Å². The molecule has 1 unspecified atom stereocenters. The Morgan fingerprint density at radius 1 is 1.33 bits per heavy atom. The molecule has 0 saturated heterocycles. The van der Waals surface area contributed by atoms with Gasteiger partial charge in [-0.25, -0.2) is 0 Å². The molecule has 4 heteroatoms. The normalized spacial score (nSPS) is 19.7. The lowest BCUT2D eigenvalue weighted by molar-refractivity contribution is -0.124. The quantitative estimate of drug-likeness (QED) is 0.880. The van der Waals surface area contributed by atoms with Crippen LogP contribution >= 0.6 is 11.6 Å². The third-order valence-electron chi connectivity index (χ3n) is 3.76. The van der Waals surface area contributed by atoms with Crippen LogP contribution in [0, 0.1) is 0 Å². The van der Waals surface area contributed by atoms with Crippen molar-refractivity contribution in [3.05, 3.63) is 34.9 Å². The highest BCUT2D eigenvalue weighted by Gasteiger charge is 2.35. The maximum Gasteiger partial charge on any atom is 0.242 e. The topological polar surface area (TPSA) is 55.1 Å². The molecular formula is C14H19ClN2O. The summed E-state index contributed by atoms with van der Waals surface area (Å²) in [5, 5.41) is 4.07. The van der Waals surface area contributed by atoms with Gasteiger partial charge in [0.15, 0.2) is 0 Å². The van der Waals surface area contributed by atoms with Crippen LogP contribution in [-0.2, 0) is 10.3 Å². The fourth-order valence-electron chi connectivity index (χ4n) is 2.56. The standard InChI is InChI=1S/C14H19ClN2O/c1-14(13(16)18,17-12-4-2-3-5-12)10-6-8-11(15)9-7-10/h6-9,12,17H,2-5H2,1H3,(H2,16,18). The van der Waals surface area contributed by atoms with Crippen LogP contribution in [0.2, 0.25) is 5.02 Å². The van der Waals surface area contributed by atoms with E-state index in [9.17, 15) is 4.79 Å². The second-order valence-corrected chi connectivity index (χ2v) is 5.56. The van der Waals surface area contributed by atoms with Crippen LogP contribution in [0.25, 0.3) is 0 Å². The fourth-order valence-corrected chi connectivity index (χ4v) is 2.68. The van der Waals surface area contributed by atoms with Crippen LogP contribution in [0.15, 0.2) is 24.3 Å². The van der Waals surface area contributed by atoms with Gasteiger partial charge in [-0.05, 0) is 37.5 Å². The molecule has 0 bridgehead atoms. The van der Waals surface area contributed by atoms with Gasteiger partial charge in [0.05, 0.1) is 0 Å². The van der Waals surface area contributed by atoms with Crippen molar-refractivity contribution < 1.29 is 4.79 Å². The highest BCUT2D eigenvalue weighted by atomic mass is 35.5. The largest absolute Gasteiger partial charge is 0.368 e. The molecular weight excluding hydrogens is 248 g/mol. The number of nitrogens with two attached hydrogens (primary N) is 1. The Hall–Kier alpha value is -1.06. The Balaban J connectivity index is 2.25. The number of nitrogens with one attached hydrogen (secondary N) is 1. The smallest absolute Gasteiger partial charge is 0.242 e. The molecule has 0 spiro atoms. The van der Waals surface area contributed by atoms with Crippen molar-refractivity contribution in [2.45, 2.75) is 44.2 Å². The van der Waals surface area contributed by atoms with E-state index in [-0.39, 0.29) is 5.91 Å². The van der Waals surface area contributed by atoms with E-state index in [1.807, 2.05) is 19.1 Å². The Bertz CT molecular complexity index is 426. The Labute approximate surface area is 113 Å². The molecule has 1 aromatic rings. The van der Waals surface area contributed by atoms with Gasteiger partial charge < -0.3 is 5.73 Å². The first kappa shape index (κ1) is 13.4. The van der Waals surface area contributed by atoms with Crippen LogP contribution in [0.4, 0.5) is 0 Å². The number of rotatable bonds is 4. The molecule has 3 nitrogen and oxygen atoms in total. The Morgan fingerprint density at radius 2 is 1.89 bits per heavy atom. The molecule has 18 heavy (non-hydrogen) atoms. The van der Waals surface area contributed by atoms with E-state index in [4.69, 9.17) is 17.3 Å². The maximum atomic E-state index is 11.8. The second kappa shape index (κ2) is 5.29. The van der Waals surface area contributed by atoms with Gasteiger partial charge in [-0.1, -0.05) is 36.6 Å². The first-order valence-corrected chi connectivity index (χ1v) is 6.74. The molecule has 0 aromatic heterocycles. The molecule has 98 valence electrons. The van der Waals surface area contributed by atoms with Crippen molar-refractivity contribution in [2.75, 3.05) is 0 Å². The number of carbonyl (C=O) groups excluding carboxylic acids is 1. The third-order valence-corrected chi connectivity index (χ3v) is 4.01. The van der Waals surface area contributed by atoms with Crippen molar-refractivity contribution in [3.63, 3.8) is 0 Å². The van der Waals surface area contributed by atoms with Crippen LogP contribution in [-0.4, -0.2) is 11.9 Å². The van der Waals surface area contributed by atoms with E-state index >= 15 is 0 Å². The molecule has 0 heterocycles. The van der Waals surface area contributed by atoms with Gasteiger partial charge in [0.1, 0.15) is 5.54 Å². The summed E-state index contributed by atoms with van der Waals surface area (Å²) in [6, 6.07) is 7.66. The van der Waals surface area contributed by atoms with Crippen molar-refractivity contribution in [2.24, 2.45) is 5.73 Å². The monoisotopic (exact) mass is 266 g/mol. The summed E-state index contributed by atoms with van der Waals surface area (Å²) >= 11 is 5.88. The Kier molecular flexibility index (Phi) is 3.93. The zero-order valence-electron chi connectivity index (χ0n) is 10.6. The number of halogens is 1. The summed E-state index contributed by atoms with van der Waals surface area (Å²) in [6.07, 6.45) is 4.65. The van der Waals surface area contributed by atoms with Gasteiger partial charge in [-0.3, -0.25) is 10.1 Å². The minimum absolute atomic E-state index is 0.350. The average Bonchev–Trinajstić information content (AvgIpc) is 2.82. The number of benzene rings is 1. The predicted octanol–water partition coefficient (Wildman–Crippen LogP) is 2.57. The molecule has 1 aliphatic rings. The van der Waals surface area contributed by atoms with Gasteiger partial charge >= 0.3 is 0 Å². The molecule has 0 aliphatic heterocycles. The number of amides is 1. The summed E-state index contributed by atoms with van der Waals surface area (Å²) in [7, 11) is 0. The van der Waals surface area contributed by atoms with Crippen molar-refractivity contribution >= 4 is 17.5 Å². The van der Waals surface area contributed by atoms with Crippen molar-refractivity contribution in [1.82, 2.24) is 5.32 Å². The fraction of sp³-hybridized carbons (Fsp3) is 0.500. The van der Waals surface area contributed by atoms with Crippen LogP contribution in [0.1, 0.15) is 38.2 Å². The lowest BCUT2D eigenvalue weighted by Gasteiger charge is -2.31. The van der Waals surface area contributed by atoms with Crippen LogP contribution < -0.4 is 11.1 Å². The Morgan fingerprint density at radius 3 is 2.39 bits per heavy atom. The first-order valence-electron chi connectivity index (χ1n) is 6.36. The lowest BCUT2D eigenvalue weighted by Crippen LogP contribution is -2.53. The summed E-state index contributed by atoms with van der Waals surface area (Å²) in [5.74, 6) is -0.350. The zero-order valence-corrected chi connectivity index (χ0v) is 11.3. The van der Waals surface area contributed by atoms with Gasteiger partial charge in [0.25, 0.3) is 0 Å². The zero-order chi connectivity index (χ0) is 13.2. The summed E-state index contributed by atoms with van der Waals surface area (Å²) < 4.78 is 0. The molecule has 1 saturated carbocycles. The summed E-state index contributed by atoms with van der Waals surface area (Å²) in [4.78, 5) is 11.8. The van der Waals surface area contributed by atoms with Crippen molar-refractivity contribution in [1.29, 1.82) is 0 Å². The lowest BCUT2D eigenvalue weighted by atomic mass is 9.90. The van der Waals surface area contributed by atoms with E-state index in [1.165, 1.54) is 12.8 Å². The van der Waals surface area contributed by atoms with E-state index < -0.39 is 5.54 Å². The minimum Gasteiger partial charge on any atom is -0.368 e. The molecule has 0 radical (unpaired) electrons. The third kappa shape index (κ3) is 2.68. The van der Waals surface area contributed by atoms with Crippen molar-refractivity contribution in [3.8, 4) is 0 Å². The molecule has 1 atom stereocenters. The molecule has 1 aliphatic carbocycles. The SMILES string of the molecule is CC(NC1CCCC1)(C(N)=O)c1ccc(Cl)cc1. The molecule has 1 aromatic carbocycles. The number of hydrogen-bond donors (Lipinski definition) is 2. The summed E-state index contributed by atoms with van der Waals surface area (Å²) in [6.45, 7) is 1.84. The first-order chi connectivity index (χ1) is 8.52. The molecule has 1 fully saturated rings. The minimum atomic E-state index is -0.820. The van der Waals surface area contributed by atoms with Gasteiger partial charge in [-0.15, -0.1) is 0 Å². The maximum absolute atomic E-state index is 11.8. The van der Waals surface area contributed by atoms with E-state index in [0.717, 1.165) is 18.4 Å². The predicted molar refractivity (Wildman–Crippen MR) is 73.4 cm³/mol. The van der Waals surface area contributed by atoms with Gasteiger partial charge in [0, 0.05) is 11.1 Å². The molecule has 2 rings (SSSR count). The number of hydrogen-bond acceptors (Lipinski definition) is 2. The molecule has 3 N–H and O–H groups in total. The summed E-state index contributed by atoms with van der Waals surface area (Å²) in [5.41, 5.74) is 5.63. The second-order valence-electron chi connectivity index (χ2n) is 5.12. The van der Waals surface area contributed by atoms with Gasteiger partial charge in [0.2, 0.25) is 5.91 Å². The molecule has 1 amide bonds. The van der Waals surface area contributed by atoms with E-state index in [1.54, 1.807) is 12.1 Å². The highest BCUT2D eigenvalue weighted by molar-refractivity contribution is 6.30. The van der Waals surface area contributed by atoms with Crippen LogP contribution in [0.3, 0.4) is 0 Å². The van der Waals surface area contributed by atoms with E-state index in [2.05, 4.69) is 5.32 Å². The van der Waals surface area contributed by atoms with Gasteiger partial charge in [-0.2, -0.15) is 0 Å². The highest BCUT2D eigenvalue weighted by Crippen LogP contribution is 2.27. The number of primary amides is 1. The number of carbonyl (C=O) groups is 1. The average molecular weight is 267 g/mol.